The van der Waals surface area contributed by atoms with E-state index in [1.165, 1.54) is 16.8 Å². The molecular formula is C37H43N7O4. The maximum atomic E-state index is 13.1. The topological polar surface area (TPSA) is 121 Å². The summed E-state index contributed by atoms with van der Waals surface area (Å²) in [5, 5.41) is 2.36. The third-order valence-corrected chi connectivity index (χ3v) is 11.0. The van der Waals surface area contributed by atoms with Crippen LogP contribution in [0.2, 0.25) is 0 Å². The maximum Gasteiger partial charge on any atom is 0.256 e. The van der Waals surface area contributed by atoms with Crippen LogP contribution in [0.3, 0.4) is 0 Å². The van der Waals surface area contributed by atoms with Gasteiger partial charge >= 0.3 is 0 Å². The van der Waals surface area contributed by atoms with Gasteiger partial charge in [0.2, 0.25) is 11.8 Å². The van der Waals surface area contributed by atoms with E-state index in [0.29, 0.717) is 36.3 Å². The number of carbonyl (C=O) groups excluding carboxylic acids is 3. The maximum absolute atomic E-state index is 13.1. The molecule has 5 aliphatic heterocycles. The normalized spacial score (nSPS) is 22.9. The number of fused-ring (bicyclic) bond motifs is 1. The molecule has 4 saturated heterocycles. The van der Waals surface area contributed by atoms with Crippen LogP contribution in [-0.4, -0.2) is 87.9 Å². The number of pyridine rings is 1. The van der Waals surface area contributed by atoms with E-state index in [2.05, 4.69) is 49.4 Å². The molecule has 11 heteroatoms. The SMILES string of the molecule is O=C1CCC(N2Cc3nc(C4CCN(Cc5ccc(N6CCC(Cc7ncc(C8COC8)cn7)CC6)cc5)CC4)ccc3C2=O)C(=O)N1. The fourth-order valence-corrected chi connectivity index (χ4v) is 7.90. The van der Waals surface area contributed by atoms with Gasteiger partial charge in [0.1, 0.15) is 11.9 Å². The number of carbonyl (C=O) groups is 3. The molecule has 0 aliphatic carbocycles. The largest absolute Gasteiger partial charge is 0.380 e. The molecule has 1 atom stereocenters. The van der Waals surface area contributed by atoms with Gasteiger partial charge in [-0.15, -0.1) is 0 Å². The van der Waals surface area contributed by atoms with Crippen molar-refractivity contribution >= 4 is 23.4 Å². The van der Waals surface area contributed by atoms with Gasteiger partial charge in [-0.05, 0) is 86.5 Å². The Labute approximate surface area is 281 Å². The monoisotopic (exact) mass is 649 g/mol. The van der Waals surface area contributed by atoms with E-state index in [9.17, 15) is 14.4 Å². The lowest BCUT2D eigenvalue weighted by Crippen LogP contribution is -2.52. The number of rotatable bonds is 8. The van der Waals surface area contributed by atoms with Crippen LogP contribution in [-0.2, 0) is 33.8 Å². The van der Waals surface area contributed by atoms with E-state index < -0.39 is 6.04 Å². The number of likely N-dealkylation sites (tertiary alicyclic amines) is 1. The van der Waals surface area contributed by atoms with Crippen LogP contribution >= 0.6 is 0 Å². The number of amides is 3. The van der Waals surface area contributed by atoms with Crippen molar-refractivity contribution in [3.05, 3.63) is 82.7 Å². The number of aromatic nitrogens is 3. The summed E-state index contributed by atoms with van der Waals surface area (Å²) in [5.74, 6) is 1.58. The van der Waals surface area contributed by atoms with Gasteiger partial charge in [-0.25, -0.2) is 9.97 Å². The molecule has 0 spiro atoms. The van der Waals surface area contributed by atoms with E-state index >= 15 is 0 Å². The van der Waals surface area contributed by atoms with Crippen molar-refractivity contribution in [1.29, 1.82) is 0 Å². The van der Waals surface area contributed by atoms with E-state index in [1.54, 1.807) is 4.90 Å². The van der Waals surface area contributed by atoms with Crippen LogP contribution in [0.4, 0.5) is 5.69 Å². The van der Waals surface area contributed by atoms with Crippen LogP contribution in [0.5, 0.6) is 0 Å². The van der Waals surface area contributed by atoms with Crippen molar-refractivity contribution in [2.45, 2.75) is 75.9 Å². The Balaban J connectivity index is 0.791. The number of ether oxygens (including phenoxy) is 1. The Morgan fingerprint density at radius 2 is 1.58 bits per heavy atom. The molecular weight excluding hydrogens is 606 g/mol. The number of benzene rings is 1. The Kier molecular flexibility index (Phi) is 8.64. The van der Waals surface area contributed by atoms with Crippen LogP contribution in [0.25, 0.3) is 0 Å². The van der Waals surface area contributed by atoms with E-state index in [-0.39, 0.29) is 24.1 Å². The van der Waals surface area contributed by atoms with Crippen molar-refractivity contribution < 1.29 is 19.1 Å². The molecule has 8 rings (SSSR count). The summed E-state index contributed by atoms with van der Waals surface area (Å²) < 4.78 is 5.29. The highest BCUT2D eigenvalue weighted by atomic mass is 16.5. The lowest BCUT2D eigenvalue weighted by atomic mass is 9.92. The third-order valence-electron chi connectivity index (χ3n) is 11.0. The van der Waals surface area contributed by atoms with Gasteiger partial charge < -0.3 is 14.5 Å². The highest BCUT2D eigenvalue weighted by molar-refractivity contribution is 6.05. The summed E-state index contributed by atoms with van der Waals surface area (Å²) in [4.78, 5) is 57.8. The lowest BCUT2D eigenvalue weighted by Gasteiger charge is -2.34. The fourth-order valence-electron chi connectivity index (χ4n) is 7.90. The number of piperidine rings is 3. The number of hydrogen-bond acceptors (Lipinski definition) is 9. The zero-order valence-corrected chi connectivity index (χ0v) is 27.4. The Morgan fingerprint density at radius 1 is 0.833 bits per heavy atom. The molecule has 11 nitrogen and oxygen atoms in total. The van der Waals surface area contributed by atoms with E-state index in [0.717, 1.165) is 95.3 Å². The van der Waals surface area contributed by atoms with Gasteiger partial charge in [0.05, 0.1) is 31.0 Å². The fraction of sp³-hybridized carbons (Fsp3) is 0.514. The molecule has 1 unspecified atom stereocenters. The van der Waals surface area contributed by atoms with Crippen molar-refractivity contribution in [3.8, 4) is 0 Å². The number of nitrogens with one attached hydrogen (secondary N) is 1. The lowest BCUT2D eigenvalue weighted by molar-refractivity contribution is -0.136. The highest BCUT2D eigenvalue weighted by Crippen LogP contribution is 2.32. The van der Waals surface area contributed by atoms with E-state index in [1.807, 2.05) is 24.5 Å². The van der Waals surface area contributed by atoms with Gasteiger partial charge in [0.15, 0.2) is 0 Å². The molecule has 1 N–H and O–H groups in total. The molecule has 5 aliphatic rings. The van der Waals surface area contributed by atoms with Crippen molar-refractivity contribution in [2.24, 2.45) is 5.92 Å². The van der Waals surface area contributed by atoms with Crippen LogP contribution in [0.1, 0.15) is 89.1 Å². The smallest absolute Gasteiger partial charge is 0.256 e. The summed E-state index contributed by atoms with van der Waals surface area (Å²) in [5.41, 5.74) is 6.18. The van der Waals surface area contributed by atoms with Gasteiger partial charge in [0.25, 0.3) is 5.91 Å². The molecule has 3 amide bonds. The summed E-state index contributed by atoms with van der Waals surface area (Å²) in [6.45, 7) is 6.97. The minimum Gasteiger partial charge on any atom is -0.380 e. The average molecular weight is 650 g/mol. The molecule has 250 valence electrons. The van der Waals surface area contributed by atoms with Crippen LogP contribution < -0.4 is 10.2 Å². The molecule has 0 radical (unpaired) electrons. The van der Waals surface area contributed by atoms with Gasteiger partial charge in [0, 0.05) is 68.1 Å². The minimum atomic E-state index is -0.611. The predicted octanol–water partition coefficient (Wildman–Crippen LogP) is 3.59. The summed E-state index contributed by atoms with van der Waals surface area (Å²) in [6.07, 6.45) is 9.91. The Morgan fingerprint density at radius 3 is 2.27 bits per heavy atom. The summed E-state index contributed by atoms with van der Waals surface area (Å²) in [6, 6.07) is 12.4. The first-order valence-electron chi connectivity index (χ1n) is 17.6. The second-order valence-corrected chi connectivity index (χ2v) is 14.1. The first-order chi connectivity index (χ1) is 23.5. The van der Waals surface area contributed by atoms with Gasteiger partial charge in [-0.2, -0.15) is 0 Å². The van der Waals surface area contributed by atoms with Crippen LogP contribution in [0, 0.1) is 5.92 Å². The molecule has 2 aromatic heterocycles. The van der Waals surface area contributed by atoms with E-state index in [4.69, 9.17) is 9.72 Å². The van der Waals surface area contributed by atoms with Crippen molar-refractivity contribution in [2.75, 3.05) is 44.3 Å². The predicted molar refractivity (Wildman–Crippen MR) is 178 cm³/mol. The first-order valence-corrected chi connectivity index (χ1v) is 17.6. The first kappa shape index (κ1) is 31.1. The molecule has 3 aromatic rings. The average Bonchev–Trinajstić information content (AvgIpc) is 3.41. The van der Waals surface area contributed by atoms with Gasteiger partial charge in [-0.1, -0.05) is 12.1 Å². The molecule has 0 bridgehead atoms. The minimum absolute atomic E-state index is 0.170. The number of nitrogens with zero attached hydrogens (tertiary/aromatic N) is 6. The molecule has 4 fully saturated rings. The quantitative estimate of drug-likeness (QED) is 0.365. The van der Waals surface area contributed by atoms with Crippen molar-refractivity contribution in [3.63, 3.8) is 0 Å². The zero-order valence-electron chi connectivity index (χ0n) is 27.4. The summed E-state index contributed by atoms with van der Waals surface area (Å²) >= 11 is 0. The second kappa shape index (κ2) is 13.4. The van der Waals surface area contributed by atoms with Gasteiger partial charge in [-0.3, -0.25) is 29.6 Å². The van der Waals surface area contributed by atoms with Crippen LogP contribution in [0.15, 0.2) is 48.8 Å². The zero-order chi connectivity index (χ0) is 32.6. The molecule has 1 aromatic carbocycles. The third kappa shape index (κ3) is 6.45. The second-order valence-electron chi connectivity index (χ2n) is 14.1. The molecule has 48 heavy (non-hydrogen) atoms. The number of imide groups is 1. The highest BCUT2D eigenvalue weighted by Gasteiger charge is 2.40. The number of anilines is 1. The number of hydrogen-bond donors (Lipinski definition) is 1. The molecule has 0 saturated carbocycles. The summed E-state index contributed by atoms with van der Waals surface area (Å²) in [7, 11) is 0. The Bertz CT molecular complexity index is 1660. The van der Waals surface area contributed by atoms with Crippen molar-refractivity contribution in [1.82, 2.24) is 30.1 Å². The standard InChI is InChI=1S/C37H43N7O4/c45-35-8-7-33(36(46)41-35)44-21-32-30(37(44)47)5-6-31(40-32)26-11-13-42(14-12-26)20-25-1-3-29(4-2-25)43-15-9-24(10-16-43)17-34-38-18-27(19-39-34)28-22-48-23-28/h1-6,18-19,24,26,28,33H,7-17,20-23H2,(H,41,45,46). The Hall–Kier alpha value is -4.22. The molecule has 7 heterocycles.